The van der Waals surface area contributed by atoms with Gasteiger partial charge in [0.2, 0.25) is 0 Å². The summed E-state index contributed by atoms with van der Waals surface area (Å²) in [6.45, 7) is 3.52. The SMILES string of the molecule is CC(C)CCCOC(=O)C1C=C(O)C=CC1(O)[C@@H]1O[C@H](CO)[C@@H](O)[C@H](O)[C@H]1O. The van der Waals surface area contributed by atoms with Crippen LogP contribution >= 0.6 is 0 Å². The molecule has 160 valence electrons. The summed E-state index contributed by atoms with van der Waals surface area (Å²) in [6, 6.07) is 0. The van der Waals surface area contributed by atoms with E-state index in [4.69, 9.17) is 9.47 Å². The predicted molar refractivity (Wildman–Crippen MR) is 97.1 cm³/mol. The van der Waals surface area contributed by atoms with Crippen molar-refractivity contribution >= 4 is 5.97 Å². The molecule has 7 atom stereocenters. The zero-order valence-electron chi connectivity index (χ0n) is 16.0. The number of hydrogen-bond donors (Lipinski definition) is 6. The van der Waals surface area contributed by atoms with Crippen molar-refractivity contribution < 1.29 is 44.9 Å². The molecule has 0 radical (unpaired) electrons. The zero-order chi connectivity index (χ0) is 21.1. The molecule has 28 heavy (non-hydrogen) atoms. The van der Waals surface area contributed by atoms with Crippen LogP contribution in [0.2, 0.25) is 0 Å². The fourth-order valence-electron chi connectivity index (χ4n) is 3.45. The lowest BCUT2D eigenvalue weighted by molar-refractivity contribution is -0.267. The second-order valence-electron chi connectivity index (χ2n) is 7.74. The van der Waals surface area contributed by atoms with Crippen LogP contribution in [0.4, 0.5) is 0 Å². The maximum absolute atomic E-state index is 12.6. The molecule has 0 amide bonds. The molecule has 0 bridgehead atoms. The van der Waals surface area contributed by atoms with E-state index in [0.717, 1.165) is 24.6 Å². The Labute approximate surface area is 163 Å². The Morgan fingerprint density at radius 3 is 2.54 bits per heavy atom. The lowest BCUT2D eigenvalue weighted by Gasteiger charge is -2.47. The summed E-state index contributed by atoms with van der Waals surface area (Å²) in [5, 5.41) is 60.6. The molecule has 0 aromatic carbocycles. The minimum atomic E-state index is -2.17. The van der Waals surface area contributed by atoms with Gasteiger partial charge < -0.3 is 40.1 Å². The summed E-state index contributed by atoms with van der Waals surface area (Å²) in [7, 11) is 0. The summed E-state index contributed by atoms with van der Waals surface area (Å²) in [4.78, 5) is 12.6. The quantitative estimate of drug-likeness (QED) is 0.236. The van der Waals surface area contributed by atoms with Crippen molar-refractivity contribution in [3.8, 4) is 0 Å². The van der Waals surface area contributed by atoms with Crippen LogP contribution in [0.1, 0.15) is 26.7 Å². The van der Waals surface area contributed by atoms with Gasteiger partial charge >= 0.3 is 5.97 Å². The average Bonchev–Trinajstić information content (AvgIpc) is 2.65. The van der Waals surface area contributed by atoms with E-state index in [1.807, 2.05) is 13.8 Å². The van der Waals surface area contributed by atoms with Gasteiger partial charge in [-0.15, -0.1) is 0 Å². The Balaban J connectivity index is 2.21. The molecule has 2 rings (SSSR count). The zero-order valence-corrected chi connectivity index (χ0v) is 16.0. The first-order chi connectivity index (χ1) is 13.1. The third-order valence-electron chi connectivity index (χ3n) is 5.13. The lowest BCUT2D eigenvalue weighted by atomic mass is 9.74. The first kappa shape index (κ1) is 22.8. The number of hydrogen-bond acceptors (Lipinski definition) is 9. The molecule has 2 aliphatic rings. The van der Waals surface area contributed by atoms with Crippen molar-refractivity contribution in [2.45, 2.75) is 62.8 Å². The molecule has 6 N–H and O–H groups in total. The van der Waals surface area contributed by atoms with Crippen LogP contribution in [0.3, 0.4) is 0 Å². The Bertz CT molecular complexity index is 600. The van der Waals surface area contributed by atoms with Gasteiger partial charge in [0.1, 0.15) is 47.8 Å². The number of aliphatic hydroxyl groups is 6. The highest BCUT2D eigenvalue weighted by Gasteiger charge is 2.56. The van der Waals surface area contributed by atoms with Gasteiger partial charge in [0.15, 0.2) is 0 Å². The molecule has 0 aromatic heterocycles. The Kier molecular flexibility index (Phi) is 7.60. The van der Waals surface area contributed by atoms with Gasteiger partial charge in [0.25, 0.3) is 0 Å². The van der Waals surface area contributed by atoms with Crippen molar-refractivity contribution in [1.82, 2.24) is 0 Å². The summed E-state index contributed by atoms with van der Waals surface area (Å²) < 4.78 is 10.6. The van der Waals surface area contributed by atoms with Crippen LogP contribution in [-0.4, -0.2) is 85.9 Å². The van der Waals surface area contributed by atoms with Crippen LogP contribution in [0.25, 0.3) is 0 Å². The third kappa shape index (κ3) is 4.73. The van der Waals surface area contributed by atoms with Gasteiger partial charge in [0.05, 0.1) is 13.2 Å². The van der Waals surface area contributed by atoms with E-state index < -0.39 is 54.6 Å². The first-order valence-corrected chi connectivity index (χ1v) is 9.41. The van der Waals surface area contributed by atoms with Crippen LogP contribution in [0, 0.1) is 11.8 Å². The Morgan fingerprint density at radius 2 is 1.93 bits per heavy atom. The predicted octanol–water partition coefficient (Wildman–Crippen LogP) is -0.833. The van der Waals surface area contributed by atoms with Crippen molar-refractivity contribution in [2.24, 2.45) is 11.8 Å². The summed E-state index contributed by atoms with van der Waals surface area (Å²) >= 11 is 0. The largest absolute Gasteiger partial charge is 0.508 e. The molecule has 2 unspecified atom stereocenters. The van der Waals surface area contributed by atoms with Crippen LogP contribution in [0.15, 0.2) is 24.0 Å². The number of carbonyl (C=O) groups excluding carboxylic acids is 1. The molecule has 1 heterocycles. The van der Waals surface area contributed by atoms with Crippen molar-refractivity contribution in [3.05, 3.63) is 24.0 Å². The van der Waals surface area contributed by atoms with Gasteiger partial charge in [-0.3, -0.25) is 4.79 Å². The van der Waals surface area contributed by atoms with Crippen molar-refractivity contribution in [1.29, 1.82) is 0 Å². The summed E-state index contributed by atoms with van der Waals surface area (Å²) in [6.07, 6.45) is -3.12. The number of esters is 1. The monoisotopic (exact) mass is 402 g/mol. The lowest BCUT2D eigenvalue weighted by Crippen LogP contribution is -2.67. The van der Waals surface area contributed by atoms with Crippen molar-refractivity contribution in [2.75, 3.05) is 13.2 Å². The van der Waals surface area contributed by atoms with Crippen molar-refractivity contribution in [3.63, 3.8) is 0 Å². The van der Waals surface area contributed by atoms with E-state index in [1.54, 1.807) is 0 Å². The fraction of sp³-hybridized carbons (Fsp3) is 0.737. The maximum atomic E-state index is 12.6. The van der Waals surface area contributed by atoms with Gasteiger partial charge in [-0.05, 0) is 37.0 Å². The van der Waals surface area contributed by atoms with Gasteiger partial charge in [-0.2, -0.15) is 0 Å². The molecule has 0 aromatic rings. The van der Waals surface area contributed by atoms with Crippen LogP contribution < -0.4 is 0 Å². The smallest absolute Gasteiger partial charge is 0.316 e. The highest BCUT2D eigenvalue weighted by Crippen LogP contribution is 2.38. The van der Waals surface area contributed by atoms with Gasteiger partial charge in [-0.1, -0.05) is 13.8 Å². The molecule has 1 aliphatic heterocycles. The summed E-state index contributed by atoms with van der Waals surface area (Å²) in [5.41, 5.74) is -2.17. The minimum Gasteiger partial charge on any atom is -0.508 e. The highest BCUT2D eigenvalue weighted by molar-refractivity contribution is 5.77. The number of allylic oxidation sites excluding steroid dienone is 1. The molecule has 1 aliphatic carbocycles. The standard InChI is InChI=1S/C19H30O9/c1-10(2)4-3-7-27-18(25)12-8-11(21)5-6-19(12,26)17-16(24)15(23)14(22)13(9-20)28-17/h5-6,8,10,12-17,20-24,26H,3-4,7,9H2,1-2H3/t12?,13-,14-,15+,16-,17-,19?/m1/s1. The molecule has 1 saturated heterocycles. The van der Waals surface area contributed by atoms with Gasteiger partial charge in [0, 0.05) is 0 Å². The van der Waals surface area contributed by atoms with E-state index in [2.05, 4.69) is 0 Å². The fourth-order valence-corrected chi connectivity index (χ4v) is 3.45. The summed E-state index contributed by atoms with van der Waals surface area (Å²) in [5.74, 6) is -2.10. The molecule has 1 fully saturated rings. The first-order valence-electron chi connectivity index (χ1n) is 9.41. The van der Waals surface area contributed by atoms with Gasteiger partial charge in [-0.25, -0.2) is 0 Å². The number of ether oxygens (including phenoxy) is 2. The molecular weight excluding hydrogens is 372 g/mol. The van der Waals surface area contributed by atoms with E-state index in [9.17, 15) is 35.4 Å². The molecule has 9 heteroatoms. The normalized spacial score (nSPS) is 38.4. The molecular formula is C19H30O9. The third-order valence-corrected chi connectivity index (χ3v) is 5.13. The van der Waals surface area contributed by atoms with E-state index >= 15 is 0 Å². The second-order valence-corrected chi connectivity index (χ2v) is 7.74. The molecule has 0 saturated carbocycles. The van der Waals surface area contributed by atoms with Crippen LogP contribution in [-0.2, 0) is 14.3 Å². The molecule has 9 nitrogen and oxygen atoms in total. The number of aliphatic hydroxyl groups excluding tert-OH is 5. The maximum Gasteiger partial charge on any atom is 0.316 e. The topological polar surface area (TPSA) is 157 Å². The Morgan fingerprint density at radius 1 is 1.25 bits per heavy atom. The Hall–Kier alpha value is -1.49. The van der Waals surface area contributed by atoms with Crippen LogP contribution in [0.5, 0.6) is 0 Å². The average molecular weight is 402 g/mol. The van der Waals surface area contributed by atoms with E-state index in [0.29, 0.717) is 12.3 Å². The number of rotatable bonds is 7. The van der Waals surface area contributed by atoms with E-state index in [1.165, 1.54) is 0 Å². The minimum absolute atomic E-state index is 0.122. The number of carbonyl (C=O) groups is 1. The highest BCUT2D eigenvalue weighted by atomic mass is 16.6. The second kappa shape index (κ2) is 9.34. The van der Waals surface area contributed by atoms with E-state index in [-0.39, 0.29) is 12.4 Å². The molecule has 0 spiro atoms.